The van der Waals surface area contributed by atoms with Crippen LogP contribution in [0.25, 0.3) is 11.1 Å². The van der Waals surface area contributed by atoms with Gasteiger partial charge in [-0.25, -0.2) is 0 Å². The van der Waals surface area contributed by atoms with Crippen molar-refractivity contribution < 1.29 is 0 Å². The molecule has 1 aromatic carbocycles. The number of nitrogens with zero attached hydrogens (tertiary/aromatic N) is 1. The van der Waals surface area contributed by atoms with E-state index in [2.05, 4.69) is 18.8 Å². The molecule has 2 rings (SSSR count). The normalized spacial score (nSPS) is 10.9. The molecule has 0 fully saturated rings. The molecule has 0 unspecified atom stereocenters. The Kier molecular flexibility index (Phi) is 3.70. The lowest BCUT2D eigenvalue weighted by molar-refractivity contribution is 0.826. The average molecular weight is 266 g/mol. The van der Waals surface area contributed by atoms with Crippen LogP contribution in [-0.2, 0) is 0 Å². The largest absolute Gasteiger partial charge is 0.260 e. The van der Waals surface area contributed by atoms with Crippen molar-refractivity contribution in [3.8, 4) is 11.1 Å². The molecular formula is C14H13Cl2N. The molecule has 0 saturated heterocycles. The van der Waals surface area contributed by atoms with Crippen LogP contribution < -0.4 is 0 Å². The zero-order valence-electron chi connectivity index (χ0n) is 9.74. The first-order valence-electron chi connectivity index (χ1n) is 5.50. The molecule has 1 nitrogen and oxygen atoms in total. The fraction of sp³-hybridized carbons (Fsp3) is 0.214. The molecule has 2 aromatic rings. The molecule has 88 valence electrons. The summed E-state index contributed by atoms with van der Waals surface area (Å²) in [5.41, 5.74) is 3.11. The van der Waals surface area contributed by atoms with Crippen LogP contribution in [0.4, 0.5) is 0 Å². The summed E-state index contributed by atoms with van der Waals surface area (Å²) >= 11 is 12.1. The van der Waals surface area contributed by atoms with Gasteiger partial charge in [-0.3, -0.25) is 4.98 Å². The van der Waals surface area contributed by atoms with Crippen molar-refractivity contribution in [2.45, 2.75) is 19.8 Å². The Morgan fingerprint density at radius 3 is 2.47 bits per heavy atom. The summed E-state index contributed by atoms with van der Waals surface area (Å²) < 4.78 is 0. The topological polar surface area (TPSA) is 12.9 Å². The number of hydrogen-bond acceptors (Lipinski definition) is 1. The highest BCUT2D eigenvalue weighted by Gasteiger charge is 2.12. The molecule has 0 aliphatic rings. The Bertz CT molecular complexity index is 535. The standard InChI is InChI=1S/C14H13Cl2N/c1-9(2)14-12(4-3-7-17-14)11-6-5-10(15)8-13(11)16/h3-9H,1-2H3. The minimum Gasteiger partial charge on any atom is -0.260 e. The summed E-state index contributed by atoms with van der Waals surface area (Å²) in [5, 5.41) is 1.31. The Morgan fingerprint density at radius 2 is 1.82 bits per heavy atom. The first kappa shape index (κ1) is 12.4. The molecule has 0 radical (unpaired) electrons. The predicted molar refractivity (Wildman–Crippen MR) is 73.8 cm³/mol. The third-order valence-electron chi connectivity index (χ3n) is 2.61. The van der Waals surface area contributed by atoms with Crippen LogP contribution in [0.1, 0.15) is 25.5 Å². The second kappa shape index (κ2) is 5.07. The second-order valence-corrected chi connectivity index (χ2v) is 5.06. The minimum absolute atomic E-state index is 0.359. The highest BCUT2D eigenvalue weighted by molar-refractivity contribution is 6.36. The zero-order chi connectivity index (χ0) is 12.4. The highest BCUT2D eigenvalue weighted by Crippen LogP contribution is 2.33. The van der Waals surface area contributed by atoms with E-state index in [1.807, 2.05) is 30.5 Å². The van der Waals surface area contributed by atoms with Crippen molar-refractivity contribution in [1.82, 2.24) is 4.98 Å². The van der Waals surface area contributed by atoms with E-state index < -0.39 is 0 Å². The SMILES string of the molecule is CC(C)c1ncccc1-c1ccc(Cl)cc1Cl. The van der Waals surface area contributed by atoms with Gasteiger partial charge in [0.05, 0.1) is 5.69 Å². The monoisotopic (exact) mass is 265 g/mol. The fourth-order valence-corrected chi connectivity index (χ4v) is 2.32. The molecule has 0 spiro atoms. The summed E-state index contributed by atoms with van der Waals surface area (Å²) in [6, 6.07) is 9.51. The number of rotatable bonds is 2. The second-order valence-electron chi connectivity index (χ2n) is 4.22. The summed E-state index contributed by atoms with van der Waals surface area (Å²) in [5.74, 6) is 0.359. The first-order valence-corrected chi connectivity index (χ1v) is 6.25. The Morgan fingerprint density at radius 1 is 1.06 bits per heavy atom. The highest BCUT2D eigenvalue weighted by atomic mass is 35.5. The maximum absolute atomic E-state index is 6.23. The van der Waals surface area contributed by atoms with E-state index in [0.717, 1.165) is 16.8 Å². The van der Waals surface area contributed by atoms with Crippen LogP contribution in [0, 0.1) is 0 Å². The van der Waals surface area contributed by atoms with Crippen LogP contribution in [0.3, 0.4) is 0 Å². The van der Waals surface area contributed by atoms with Crippen molar-refractivity contribution in [2.75, 3.05) is 0 Å². The number of hydrogen-bond donors (Lipinski definition) is 0. The molecule has 0 saturated carbocycles. The molecule has 3 heteroatoms. The molecule has 0 bridgehead atoms. The maximum atomic E-state index is 6.23. The van der Waals surface area contributed by atoms with Crippen LogP contribution in [0.2, 0.25) is 10.0 Å². The number of halogens is 2. The van der Waals surface area contributed by atoms with Crippen LogP contribution >= 0.6 is 23.2 Å². The van der Waals surface area contributed by atoms with E-state index in [1.54, 1.807) is 6.07 Å². The van der Waals surface area contributed by atoms with E-state index in [-0.39, 0.29) is 0 Å². The Hall–Kier alpha value is -1.05. The van der Waals surface area contributed by atoms with E-state index in [4.69, 9.17) is 23.2 Å². The quantitative estimate of drug-likeness (QED) is 0.729. The lowest BCUT2D eigenvalue weighted by Crippen LogP contribution is -1.96. The predicted octanol–water partition coefficient (Wildman–Crippen LogP) is 5.18. The van der Waals surface area contributed by atoms with E-state index in [9.17, 15) is 0 Å². The van der Waals surface area contributed by atoms with Crippen LogP contribution in [0.15, 0.2) is 36.5 Å². The van der Waals surface area contributed by atoms with Gasteiger partial charge in [0, 0.05) is 27.4 Å². The molecule has 0 aliphatic heterocycles. The van der Waals surface area contributed by atoms with Gasteiger partial charge in [0.25, 0.3) is 0 Å². The molecule has 1 aromatic heterocycles. The van der Waals surface area contributed by atoms with E-state index in [1.165, 1.54) is 0 Å². The van der Waals surface area contributed by atoms with Gasteiger partial charge in [-0.15, -0.1) is 0 Å². The fourth-order valence-electron chi connectivity index (χ4n) is 1.81. The average Bonchev–Trinajstić information content (AvgIpc) is 2.29. The minimum atomic E-state index is 0.359. The van der Waals surface area contributed by atoms with Gasteiger partial charge in [0.15, 0.2) is 0 Å². The molecular weight excluding hydrogens is 253 g/mol. The maximum Gasteiger partial charge on any atom is 0.0507 e. The Labute approximate surface area is 111 Å². The van der Waals surface area contributed by atoms with Crippen molar-refractivity contribution in [3.63, 3.8) is 0 Å². The van der Waals surface area contributed by atoms with E-state index in [0.29, 0.717) is 16.0 Å². The van der Waals surface area contributed by atoms with Gasteiger partial charge in [-0.1, -0.05) is 49.2 Å². The molecule has 0 amide bonds. The smallest absolute Gasteiger partial charge is 0.0507 e. The summed E-state index contributed by atoms with van der Waals surface area (Å²) in [6.07, 6.45) is 1.81. The summed E-state index contributed by atoms with van der Waals surface area (Å²) in [6.45, 7) is 4.24. The van der Waals surface area contributed by atoms with Crippen LogP contribution in [0.5, 0.6) is 0 Å². The number of benzene rings is 1. The third kappa shape index (κ3) is 2.62. The van der Waals surface area contributed by atoms with Gasteiger partial charge < -0.3 is 0 Å². The lowest BCUT2D eigenvalue weighted by Gasteiger charge is -2.12. The third-order valence-corrected chi connectivity index (χ3v) is 3.15. The van der Waals surface area contributed by atoms with E-state index >= 15 is 0 Å². The van der Waals surface area contributed by atoms with Crippen molar-refractivity contribution >= 4 is 23.2 Å². The number of aromatic nitrogens is 1. The molecule has 0 N–H and O–H groups in total. The molecule has 0 atom stereocenters. The summed E-state index contributed by atoms with van der Waals surface area (Å²) in [7, 11) is 0. The van der Waals surface area contributed by atoms with Gasteiger partial charge in [0.1, 0.15) is 0 Å². The van der Waals surface area contributed by atoms with Crippen molar-refractivity contribution in [1.29, 1.82) is 0 Å². The zero-order valence-corrected chi connectivity index (χ0v) is 11.3. The first-order chi connectivity index (χ1) is 8.09. The van der Waals surface area contributed by atoms with Crippen molar-refractivity contribution in [2.24, 2.45) is 0 Å². The van der Waals surface area contributed by atoms with Crippen molar-refractivity contribution in [3.05, 3.63) is 52.3 Å². The molecule has 0 aliphatic carbocycles. The number of pyridine rings is 1. The van der Waals surface area contributed by atoms with Gasteiger partial charge >= 0.3 is 0 Å². The van der Waals surface area contributed by atoms with Gasteiger partial charge in [-0.05, 0) is 24.1 Å². The molecule has 1 heterocycles. The Balaban J connectivity index is 2.60. The van der Waals surface area contributed by atoms with Gasteiger partial charge in [0.2, 0.25) is 0 Å². The lowest BCUT2D eigenvalue weighted by atomic mass is 9.98. The summed E-state index contributed by atoms with van der Waals surface area (Å²) in [4.78, 5) is 4.43. The van der Waals surface area contributed by atoms with Crippen LogP contribution in [-0.4, -0.2) is 4.98 Å². The van der Waals surface area contributed by atoms with Gasteiger partial charge in [-0.2, -0.15) is 0 Å². The molecule has 17 heavy (non-hydrogen) atoms.